The van der Waals surface area contributed by atoms with Gasteiger partial charge in [0.05, 0.1) is 11.0 Å². The van der Waals surface area contributed by atoms with Gasteiger partial charge in [-0.1, -0.05) is 50.2 Å². The Labute approximate surface area is 142 Å². The summed E-state index contributed by atoms with van der Waals surface area (Å²) in [7, 11) is -0.186. The van der Waals surface area contributed by atoms with E-state index in [0.717, 1.165) is 16.5 Å². The minimum absolute atomic E-state index is 0.0883. The second-order valence-corrected chi connectivity index (χ2v) is 7.68. The van der Waals surface area contributed by atoms with Crippen LogP contribution in [0.4, 0.5) is 0 Å². The third-order valence-corrected chi connectivity index (χ3v) is 5.83. The van der Waals surface area contributed by atoms with Gasteiger partial charge in [0.15, 0.2) is 0 Å². The minimum atomic E-state index is -0.186. The Morgan fingerprint density at radius 2 is 1.83 bits per heavy atom. The number of aromatic nitrogens is 2. The molecular weight excluding hydrogens is 312 g/mol. The average Bonchev–Trinajstić information content (AvgIpc) is 2.94. The second kappa shape index (κ2) is 4.56. The number of nitrogens with zero attached hydrogens (tertiary/aromatic N) is 2. The average molecular weight is 328 g/mol. The molecule has 116 valence electrons. The zero-order chi connectivity index (χ0) is 16.5. The molecule has 4 heteroatoms. The third-order valence-electron chi connectivity index (χ3n) is 5.26. The Kier molecular flexibility index (Phi) is 2.65. The Morgan fingerprint density at radius 1 is 1.00 bits per heavy atom. The van der Waals surface area contributed by atoms with Crippen LogP contribution >= 0.6 is 0 Å². The normalized spacial score (nSPS) is 15.0. The number of fused-ring (bicyclic) bond motifs is 5. The highest BCUT2D eigenvalue weighted by Gasteiger charge is 2.35. The van der Waals surface area contributed by atoms with E-state index in [9.17, 15) is 4.80 Å². The lowest BCUT2D eigenvalue weighted by Crippen LogP contribution is -2.26. The molecule has 2 radical (unpaired) electrons. The maximum Gasteiger partial charge on any atom is 0.265 e. The van der Waals surface area contributed by atoms with Crippen LogP contribution in [0.2, 0.25) is 0 Å². The molecule has 0 saturated carbocycles. The van der Waals surface area contributed by atoms with Crippen LogP contribution in [0.5, 0.6) is 0 Å². The Balaban J connectivity index is 2.08. The summed E-state index contributed by atoms with van der Waals surface area (Å²) in [5.74, 6) is 1.01. The molecule has 5 rings (SSSR count). The molecule has 2 aromatic carbocycles. The maximum atomic E-state index is 9.55. The molecule has 1 N–H and O–H groups in total. The molecule has 0 atom stereocenters. The van der Waals surface area contributed by atoms with Crippen LogP contribution in [0.3, 0.4) is 0 Å². The van der Waals surface area contributed by atoms with Crippen molar-refractivity contribution in [2.45, 2.75) is 19.3 Å². The molecule has 24 heavy (non-hydrogen) atoms. The first-order valence-electron chi connectivity index (χ1n) is 8.06. The molecule has 3 heterocycles. The molecule has 0 unspecified atom stereocenters. The number of pyridine rings is 1. The van der Waals surface area contributed by atoms with Crippen LogP contribution in [0.25, 0.3) is 27.6 Å². The summed E-state index contributed by atoms with van der Waals surface area (Å²) in [5, 5.41) is 3.37. The van der Waals surface area contributed by atoms with E-state index in [-0.39, 0.29) is 15.2 Å². The molecule has 0 spiro atoms. The van der Waals surface area contributed by atoms with Crippen molar-refractivity contribution in [3.05, 3.63) is 65.9 Å². The van der Waals surface area contributed by atoms with Gasteiger partial charge in [-0.3, -0.25) is 4.57 Å². The van der Waals surface area contributed by atoms with Gasteiger partial charge in [0.2, 0.25) is 0 Å². The smallest absolute Gasteiger partial charge is 0.265 e. The fourth-order valence-corrected chi connectivity index (χ4v) is 4.44. The van der Waals surface area contributed by atoms with Crippen LogP contribution in [0.1, 0.15) is 25.0 Å². The lowest BCUT2D eigenvalue weighted by molar-refractivity contribution is 0.615. The van der Waals surface area contributed by atoms with Crippen molar-refractivity contribution in [1.82, 2.24) is 9.55 Å². The van der Waals surface area contributed by atoms with E-state index in [0.29, 0.717) is 0 Å². The quantitative estimate of drug-likeness (QED) is 0.545. The van der Waals surface area contributed by atoms with Gasteiger partial charge in [0.1, 0.15) is 5.82 Å². The van der Waals surface area contributed by atoms with Gasteiger partial charge in [-0.15, -0.1) is 0 Å². The van der Waals surface area contributed by atoms with Crippen LogP contribution in [0.15, 0.2) is 54.7 Å². The van der Waals surface area contributed by atoms with Crippen molar-refractivity contribution in [2.24, 2.45) is 0 Å². The Hall–Kier alpha value is -2.43. The number of hydrogen-bond donors (Lipinski definition) is 1. The van der Waals surface area contributed by atoms with Crippen LogP contribution in [0, 0.1) is 0 Å². The van der Waals surface area contributed by atoms with Crippen molar-refractivity contribution in [3.63, 3.8) is 0 Å². The van der Waals surface area contributed by atoms with E-state index in [1.165, 1.54) is 27.4 Å². The highest BCUT2D eigenvalue weighted by atomic mass is 28.2. The van der Waals surface area contributed by atoms with Gasteiger partial charge in [-0.2, -0.15) is 0 Å². The fourth-order valence-electron chi connectivity index (χ4n) is 4.07. The molecular formula is C20H16N2OSi. The molecule has 0 amide bonds. The summed E-state index contributed by atoms with van der Waals surface area (Å²) in [6, 6.07) is 16.9. The predicted octanol–water partition coefficient (Wildman–Crippen LogP) is 3.05. The summed E-state index contributed by atoms with van der Waals surface area (Å²) < 4.78 is 2.28. The molecule has 0 fully saturated rings. The SMILES string of the molecule is CC1(C)c2cccnc2-n2c3ccc([Si]O)cc3c3cccc1c32. The first-order valence-corrected chi connectivity index (χ1v) is 9.01. The first kappa shape index (κ1) is 14.0. The first-order chi connectivity index (χ1) is 11.6. The standard InChI is InChI=1S/C20H16N2OSi/c1-20(2)15-6-3-5-13-14-11-12(24-23)8-9-17(14)22(18(13)15)19-16(20)7-4-10-21-19/h3-11,23H,1-2H3. The largest absolute Gasteiger partial charge is 0.428 e. The van der Waals surface area contributed by atoms with Crippen LogP contribution in [-0.4, -0.2) is 24.1 Å². The molecule has 0 bridgehead atoms. The Morgan fingerprint density at radius 3 is 2.67 bits per heavy atom. The minimum Gasteiger partial charge on any atom is -0.428 e. The summed E-state index contributed by atoms with van der Waals surface area (Å²) >= 11 is 0. The number of hydrogen-bond acceptors (Lipinski definition) is 2. The van der Waals surface area contributed by atoms with Crippen molar-refractivity contribution in [1.29, 1.82) is 0 Å². The lowest BCUT2D eigenvalue weighted by Gasteiger charge is -2.33. The highest BCUT2D eigenvalue weighted by Crippen LogP contribution is 2.46. The van der Waals surface area contributed by atoms with Gasteiger partial charge in [-0.25, -0.2) is 4.98 Å². The van der Waals surface area contributed by atoms with E-state index in [1.54, 1.807) is 0 Å². The zero-order valence-electron chi connectivity index (χ0n) is 13.5. The summed E-state index contributed by atoms with van der Waals surface area (Å²) in [4.78, 5) is 14.3. The predicted molar refractivity (Wildman–Crippen MR) is 98.3 cm³/mol. The number of benzene rings is 2. The molecule has 1 aliphatic rings. The summed E-state index contributed by atoms with van der Waals surface area (Å²) in [5.41, 5.74) is 4.87. The molecule has 4 aromatic rings. The van der Waals surface area contributed by atoms with Gasteiger partial charge >= 0.3 is 0 Å². The van der Waals surface area contributed by atoms with Gasteiger partial charge in [0, 0.05) is 27.9 Å². The second-order valence-electron chi connectivity index (χ2n) is 6.88. The molecule has 2 aromatic heterocycles. The van der Waals surface area contributed by atoms with Gasteiger partial charge in [-0.05, 0) is 22.9 Å². The fraction of sp³-hybridized carbons (Fsp3) is 0.150. The van der Waals surface area contributed by atoms with E-state index in [1.807, 2.05) is 18.3 Å². The van der Waals surface area contributed by atoms with Gasteiger partial charge < -0.3 is 4.80 Å². The third kappa shape index (κ3) is 1.57. The maximum absolute atomic E-state index is 9.55. The van der Waals surface area contributed by atoms with Crippen molar-refractivity contribution in [2.75, 3.05) is 0 Å². The van der Waals surface area contributed by atoms with Crippen molar-refractivity contribution in [3.8, 4) is 5.82 Å². The van der Waals surface area contributed by atoms with Crippen LogP contribution in [-0.2, 0) is 5.41 Å². The monoisotopic (exact) mass is 328 g/mol. The molecule has 3 nitrogen and oxygen atoms in total. The van der Waals surface area contributed by atoms with Gasteiger partial charge in [0.25, 0.3) is 9.76 Å². The molecule has 1 aliphatic heterocycles. The topological polar surface area (TPSA) is 38.0 Å². The number of para-hydroxylation sites is 1. The summed E-state index contributed by atoms with van der Waals surface area (Å²) in [6.45, 7) is 4.54. The van der Waals surface area contributed by atoms with E-state index >= 15 is 0 Å². The number of rotatable bonds is 1. The van der Waals surface area contributed by atoms with E-state index < -0.39 is 0 Å². The Bertz CT molecular complexity index is 1130. The lowest BCUT2D eigenvalue weighted by atomic mass is 9.76. The molecule has 0 saturated heterocycles. The highest BCUT2D eigenvalue weighted by molar-refractivity contribution is 6.46. The van der Waals surface area contributed by atoms with E-state index in [4.69, 9.17) is 4.98 Å². The zero-order valence-corrected chi connectivity index (χ0v) is 14.5. The van der Waals surface area contributed by atoms with Crippen molar-refractivity contribution < 1.29 is 4.80 Å². The van der Waals surface area contributed by atoms with E-state index in [2.05, 4.69) is 54.8 Å². The molecule has 0 aliphatic carbocycles. The van der Waals surface area contributed by atoms with Crippen LogP contribution < -0.4 is 5.19 Å². The van der Waals surface area contributed by atoms with Crippen molar-refractivity contribution >= 4 is 36.8 Å². The summed E-state index contributed by atoms with van der Waals surface area (Å²) in [6.07, 6.45) is 1.87.